The van der Waals surface area contributed by atoms with Crippen molar-refractivity contribution in [3.8, 4) is 0 Å². The summed E-state index contributed by atoms with van der Waals surface area (Å²) in [7, 11) is 0. The number of hydrogen-bond donors (Lipinski definition) is 1. The lowest BCUT2D eigenvalue weighted by atomic mass is 9.88. The second kappa shape index (κ2) is 10.9. The van der Waals surface area contributed by atoms with Crippen LogP contribution in [0, 0.1) is 0 Å². The van der Waals surface area contributed by atoms with Crippen LogP contribution in [0.25, 0.3) is 27.6 Å². The summed E-state index contributed by atoms with van der Waals surface area (Å²) in [6, 6.07) is 38.9. The summed E-state index contributed by atoms with van der Waals surface area (Å²) in [5, 5.41) is 9.69. The number of fused-ring (bicyclic) bond motifs is 2. The van der Waals surface area contributed by atoms with Crippen LogP contribution in [0.4, 0.5) is 0 Å². The Bertz CT molecular complexity index is 1450. The van der Waals surface area contributed by atoms with E-state index in [1.807, 2.05) is 12.1 Å². The van der Waals surface area contributed by atoms with Crippen molar-refractivity contribution < 1.29 is 0 Å². The monoisotopic (exact) mass is 475 g/mol. The van der Waals surface area contributed by atoms with Crippen LogP contribution in [0.15, 0.2) is 115 Å². The molecule has 0 aliphatic heterocycles. The molecule has 5 aromatic rings. The molecule has 2 atom stereocenters. The molecule has 0 aliphatic rings. The molecular weight excluding hydrogens is 446 g/mol. The van der Waals surface area contributed by atoms with Crippen molar-refractivity contribution in [1.29, 1.82) is 0 Å². The molecule has 0 bridgehead atoms. The van der Waals surface area contributed by atoms with E-state index in [-0.39, 0.29) is 0 Å². The molecule has 0 spiro atoms. The Morgan fingerprint density at radius 1 is 0.743 bits per heavy atom. The number of halogens is 1. The van der Waals surface area contributed by atoms with Gasteiger partial charge in [0, 0.05) is 23.5 Å². The van der Waals surface area contributed by atoms with Gasteiger partial charge in [-0.05, 0) is 69.8 Å². The highest BCUT2D eigenvalue weighted by Gasteiger charge is 2.18. The number of rotatable bonds is 8. The molecule has 0 heterocycles. The second-order valence-electron chi connectivity index (χ2n) is 9.22. The lowest BCUT2D eigenvalue weighted by Crippen LogP contribution is -2.31. The fourth-order valence-corrected chi connectivity index (χ4v) is 4.97. The molecule has 0 aromatic heterocycles. The predicted octanol–water partition coefficient (Wildman–Crippen LogP) is 9.01. The van der Waals surface area contributed by atoms with Gasteiger partial charge in [0.25, 0.3) is 0 Å². The molecule has 2 unspecified atom stereocenters. The third kappa shape index (κ3) is 5.65. The zero-order chi connectivity index (χ0) is 24.0. The molecule has 5 rings (SSSR count). The van der Waals surface area contributed by atoms with Crippen molar-refractivity contribution in [3.63, 3.8) is 0 Å². The fourth-order valence-electron chi connectivity index (χ4n) is 4.85. The summed E-state index contributed by atoms with van der Waals surface area (Å²) in [6.07, 6.45) is 5.52. The van der Waals surface area contributed by atoms with E-state index < -0.39 is 0 Å². The van der Waals surface area contributed by atoms with Crippen LogP contribution in [-0.2, 0) is 6.54 Å². The van der Waals surface area contributed by atoms with Crippen molar-refractivity contribution in [2.75, 3.05) is 0 Å². The third-order valence-electron chi connectivity index (χ3n) is 6.85. The summed E-state index contributed by atoms with van der Waals surface area (Å²) in [4.78, 5) is 0. The number of allylic oxidation sites excluding steroid dienone is 1. The summed E-state index contributed by atoms with van der Waals surface area (Å²) < 4.78 is 0. The van der Waals surface area contributed by atoms with Gasteiger partial charge in [-0.2, -0.15) is 0 Å². The smallest absolute Gasteiger partial charge is 0.0406 e. The van der Waals surface area contributed by atoms with Crippen molar-refractivity contribution >= 4 is 39.2 Å². The van der Waals surface area contributed by atoms with Crippen molar-refractivity contribution in [2.45, 2.75) is 31.8 Å². The molecule has 0 saturated heterocycles. The minimum Gasteiger partial charge on any atom is -0.310 e. The highest BCUT2D eigenvalue weighted by Crippen LogP contribution is 2.27. The van der Waals surface area contributed by atoms with Crippen LogP contribution in [0.1, 0.15) is 36.0 Å². The van der Waals surface area contributed by atoms with E-state index >= 15 is 0 Å². The molecular formula is C33H30ClN. The first-order valence-corrected chi connectivity index (χ1v) is 12.7. The van der Waals surface area contributed by atoms with Crippen LogP contribution < -0.4 is 5.32 Å². The van der Waals surface area contributed by atoms with Gasteiger partial charge in [-0.1, -0.05) is 115 Å². The highest BCUT2D eigenvalue weighted by molar-refractivity contribution is 6.30. The van der Waals surface area contributed by atoms with Gasteiger partial charge in [0.15, 0.2) is 0 Å². The van der Waals surface area contributed by atoms with E-state index in [4.69, 9.17) is 11.6 Å². The molecule has 0 aliphatic carbocycles. The Morgan fingerprint density at radius 2 is 1.46 bits per heavy atom. The molecule has 0 radical (unpaired) electrons. The summed E-state index contributed by atoms with van der Waals surface area (Å²) in [5.41, 5.74) is 3.86. The van der Waals surface area contributed by atoms with Crippen LogP contribution in [0.5, 0.6) is 0 Å². The molecule has 1 nitrogen and oxygen atoms in total. The third-order valence-corrected chi connectivity index (χ3v) is 7.11. The Labute approximate surface area is 213 Å². The number of nitrogens with one attached hydrogen (secondary N) is 1. The molecule has 0 saturated carbocycles. The Kier molecular flexibility index (Phi) is 7.28. The largest absolute Gasteiger partial charge is 0.310 e. The lowest BCUT2D eigenvalue weighted by Gasteiger charge is -2.25. The van der Waals surface area contributed by atoms with Gasteiger partial charge in [-0.15, -0.1) is 0 Å². The van der Waals surface area contributed by atoms with Crippen molar-refractivity contribution in [3.05, 3.63) is 137 Å². The van der Waals surface area contributed by atoms with Crippen LogP contribution in [0.2, 0.25) is 5.02 Å². The molecule has 0 fully saturated rings. The van der Waals surface area contributed by atoms with Crippen LogP contribution in [-0.4, -0.2) is 6.04 Å². The maximum absolute atomic E-state index is 6.20. The quantitative estimate of drug-likeness (QED) is 0.236. The fraction of sp³-hybridized carbons (Fsp3) is 0.152. The van der Waals surface area contributed by atoms with Gasteiger partial charge >= 0.3 is 0 Å². The average Bonchev–Trinajstić information content (AvgIpc) is 2.90. The average molecular weight is 476 g/mol. The molecule has 0 amide bonds. The van der Waals surface area contributed by atoms with E-state index in [1.165, 1.54) is 38.2 Å². The van der Waals surface area contributed by atoms with Gasteiger partial charge in [-0.25, -0.2) is 0 Å². The maximum atomic E-state index is 6.20. The first-order chi connectivity index (χ1) is 17.2. The number of benzene rings is 5. The molecule has 2 heteroatoms. The van der Waals surface area contributed by atoms with E-state index in [2.05, 4.69) is 121 Å². The molecule has 35 heavy (non-hydrogen) atoms. The zero-order valence-electron chi connectivity index (χ0n) is 20.0. The summed E-state index contributed by atoms with van der Waals surface area (Å²) in [5.74, 6) is 0.332. The minimum atomic E-state index is 0.291. The molecule has 1 N–H and O–H groups in total. The van der Waals surface area contributed by atoms with Gasteiger partial charge in [-0.3, -0.25) is 0 Å². The standard InChI is InChI=1S/C33H30ClN/c1-24(35-23-25-16-17-26-8-2-3-10-30(26)22-25)32(29-18-20-31(34)21-19-29)15-7-13-28-12-6-11-27-9-4-5-14-33(27)28/h2-14,16-22,24,32,35H,15,23H2,1H3/b13-7+. The number of hydrogen-bond acceptors (Lipinski definition) is 1. The Hall–Kier alpha value is -3.39. The van der Waals surface area contributed by atoms with Gasteiger partial charge < -0.3 is 5.32 Å². The molecule has 174 valence electrons. The lowest BCUT2D eigenvalue weighted by molar-refractivity contribution is 0.460. The van der Waals surface area contributed by atoms with E-state index in [1.54, 1.807) is 0 Å². The van der Waals surface area contributed by atoms with E-state index in [9.17, 15) is 0 Å². The zero-order valence-corrected chi connectivity index (χ0v) is 20.7. The van der Waals surface area contributed by atoms with Gasteiger partial charge in [0.1, 0.15) is 0 Å². The van der Waals surface area contributed by atoms with E-state index in [0.717, 1.165) is 18.0 Å². The van der Waals surface area contributed by atoms with Crippen LogP contribution in [0.3, 0.4) is 0 Å². The Balaban J connectivity index is 1.34. The second-order valence-corrected chi connectivity index (χ2v) is 9.65. The normalized spacial score (nSPS) is 13.4. The predicted molar refractivity (Wildman–Crippen MR) is 152 cm³/mol. The minimum absolute atomic E-state index is 0.291. The molecule has 5 aromatic carbocycles. The maximum Gasteiger partial charge on any atom is 0.0406 e. The summed E-state index contributed by atoms with van der Waals surface area (Å²) >= 11 is 6.20. The summed E-state index contributed by atoms with van der Waals surface area (Å²) in [6.45, 7) is 3.12. The van der Waals surface area contributed by atoms with E-state index in [0.29, 0.717) is 12.0 Å². The first-order valence-electron chi connectivity index (χ1n) is 12.3. The first kappa shape index (κ1) is 23.4. The van der Waals surface area contributed by atoms with Gasteiger partial charge in [0.05, 0.1) is 0 Å². The Morgan fingerprint density at radius 3 is 2.29 bits per heavy atom. The van der Waals surface area contributed by atoms with Gasteiger partial charge in [0.2, 0.25) is 0 Å². The highest BCUT2D eigenvalue weighted by atomic mass is 35.5. The van der Waals surface area contributed by atoms with Crippen molar-refractivity contribution in [1.82, 2.24) is 5.32 Å². The van der Waals surface area contributed by atoms with Crippen molar-refractivity contribution in [2.24, 2.45) is 0 Å². The SMILES string of the molecule is CC(NCc1ccc2ccccc2c1)C(C/C=C/c1cccc2ccccc12)c1ccc(Cl)cc1. The topological polar surface area (TPSA) is 12.0 Å². The van der Waals surface area contributed by atoms with Crippen LogP contribution >= 0.6 is 11.6 Å².